The molecule has 0 amide bonds. The van der Waals surface area contributed by atoms with Crippen LogP contribution in [0.1, 0.15) is 35.6 Å². The minimum atomic E-state index is -0.986. The Bertz CT molecular complexity index is 949. The van der Waals surface area contributed by atoms with E-state index < -0.39 is 5.97 Å². The molecule has 27 heavy (non-hydrogen) atoms. The summed E-state index contributed by atoms with van der Waals surface area (Å²) in [5, 5.41) is 8.98. The summed E-state index contributed by atoms with van der Waals surface area (Å²) in [6, 6.07) is 6.35. The van der Waals surface area contributed by atoms with Crippen molar-refractivity contribution in [3.8, 4) is 22.8 Å². The van der Waals surface area contributed by atoms with E-state index in [1.54, 1.807) is 24.3 Å². The highest BCUT2D eigenvalue weighted by molar-refractivity contribution is 5.88. The monoisotopic (exact) mass is 363 g/mol. The van der Waals surface area contributed by atoms with E-state index in [4.69, 9.17) is 10.8 Å². The van der Waals surface area contributed by atoms with Crippen LogP contribution in [0.5, 0.6) is 0 Å². The summed E-state index contributed by atoms with van der Waals surface area (Å²) in [5.74, 6) is -0.301. The number of carboxylic acid groups (broad SMARTS) is 1. The number of aromatic nitrogens is 4. The fourth-order valence-electron chi connectivity index (χ4n) is 2.32. The maximum Gasteiger partial charge on any atom is 0.335 e. The molecule has 0 unspecified atom stereocenters. The van der Waals surface area contributed by atoms with E-state index in [2.05, 4.69) is 33.1 Å². The number of rotatable bonds is 5. The Morgan fingerprint density at radius 3 is 2.33 bits per heavy atom. The van der Waals surface area contributed by atoms with Crippen molar-refractivity contribution < 1.29 is 9.90 Å². The number of carbonyl (C=O) groups is 1. The number of aromatic carboxylic acids is 1. The number of nitrogens with two attached hydrogens (primary N) is 1. The van der Waals surface area contributed by atoms with Crippen LogP contribution in [0.3, 0.4) is 0 Å². The average molecular weight is 363 g/mol. The van der Waals surface area contributed by atoms with Crippen LogP contribution in [-0.2, 0) is 0 Å². The van der Waals surface area contributed by atoms with Crippen molar-refractivity contribution >= 4 is 23.9 Å². The summed E-state index contributed by atoms with van der Waals surface area (Å²) in [4.78, 5) is 27.1. The molecular formula is C20H21N5O2. The van der Waals surface area contributed by atoms with Gasteiger partial charge in [0.2, 0.25) is 0 Å². The van der Waals surface area contributed by atoms with Gasteiger partial charge >= 0.3 is 5.97 Å². The van der Waals surface area contributed by atoms with Gasteiger partial charge in [0.25, 0.3) is 0 Å². The van der Waals surface area contributed by atoms with Gasteiger partial charge in [-0.25, -0.2) is 19.7 Å². The molecule has 3 aromatic rings. The summed E-state index contributed by atoms with van der Waals surface area (Å²) in [6.45, 7) is 11.4. The van der Waals surface area contributed by atoms with Gasteiger partial charge in [0, 0.05) is 5.56 Å². The van der Waals surface area contributed by atoms with Crippen LogP contribution in [0.25, 0.3) is 34.9 Å². The van der Waals surface area contributed by atoms with E-state index in [1.807, 2.05) is 13.8 Å². The molecule has 2 heterocycles. The molecule has 0 aliphatic heterocycles. The standard InChI is InChI=1S/C18H15N5O2.C2H6/c1-3-12-13(4-2)23-17(22-12)15-16(19)20-9-14(21-15)10-5-7-11(8-6-10)18(24)25;1-2/h3-9H,1-2H2,(H2,19,20)(H,22,23)(H,24,25);1-2H3. The number of anilines is 1. The summed E-state index contributed by atoms with van der Waals surface area (Å²) >= 11 is 0. The minimum absolute atomic E-state index is 0.199. The molecule has 0 saturated heterocycles. The predicted molar refractivity (Wildman–Crippen MR) is 108 cm³/mol. The minimum Gasteiger partial charge on any atom is -0.478 e. The van der Waals surface area contributed by atoms with Gasteiger partial charge in [-0.1, -0.05) is 39.1 Å². The Hall–Kier alpha value is -3.74. The highest BCUT2D eigenvalue weighted by atomic mass is 16.4. The zero-order chi connectivity index (χ0) is 20.0. The number of hydrogen-bond donors (Lipinski definition) is 3. The molecule has 0 aliphatic carbocycles. The van der Waals surface area contributed by atoms with Gasteiger partial charge in [0.15, 0.2) is 11.6 Å². The second kappa shape index (κ2) is 8.57. The molecule has 138 valence electrons. The summed E-state index contributed by atoms with van der Waals surface area (Å²) in [7, 11) is 0. The molecule has 0 saturated carbocycles. The topological polar surface area (TPSA) is 118 Å². The summed E-state index contributed by atoms with van der Waals surface area (Å²) in [5.41, 5.74) is 9.17. The van der Waals surface area contributed by atoms with Crippen LogP contribution in [0.4, 0.5) is 5.82 Å². The Morgan fingerprint density at radius 1 is 1.15 bits per heavy atom. The van der Waals surface area contributed by atoms with E-state index >= 15 is 0 Å². The molecule has 4 N–H and O–H groups in total. The first-order valence-corrected chi connectivity index (χ1v) is 8.35. The smallest absolute Gasteiger partial charge is 0.335 e. The van der Waals surface area contributed by atoms with Gasteiger partial charge in [-0.2, -0.15) is 0 Å². The van der Waals surface area contributed by atoms with E-state index in [1.165, 1.54) is 18.3 Å². The Balaban J connectivity index is 0.00000126. The van der Waals surface area contributed by atoms with Crippen molar-refractivity contribution in [2.45, 2.75) is 13.8 Å². The van der Waals surface area contributed by atoms with Gasteiger partial charge < -0.3 is 15.8 Å². The average Bonchev–Trinajstić information content (AvgIpc) is 3.13. The zero-order valence-electron chi connectivity index (χ0n) is 15.2. The van der Waals surface area contributed by atoms with Crippen molar-refractivity contribution in [1.29, 1.82) is 0 Å². The fourth-order valence-corrected chi connectivity index (χ4v) is 2.32. The summed E-state index contributed by atoms with van der Waals surface area (Å²) < 4.78 is 0. The van der Waals surface area contributed by atoms with E-state index in [9.17, 15) is 4.79 Å². The van der Waals surface area contributed by atoms with E-state index in [0.29, 0.717) is 28.6 Å². The number of nitrogen functional groups attached to an aromatic ring is 1. The highest BCUT2D eigenvalue weighted by Gasteiger charge is 2.14. The SMILES string of the molecule is C=Cc1nc(-c2nc(-c3ccc(C(=O)O)cc3)cnc2N)[nH]c1C=C.CC. The van der Waals surface area contributed by atoms with Crippen LogP contribution >= 0.6 is 0 Å². The summed E-state index contributed by atoms with van der Waals surface area (Å²) in [6.07, 6.45) is 4.76. The quantitative estimate of drug-likeness (QED) is 0.627. The lowest BCUT2D eigenvalue weighted by Crippen LogP contribution is -2.00. The van der Waals surface area contributed by atoms with Crippen molar-refractivity contribution in [3.05, 3.63) is 60.6 Å². The van der Waals surface area contributed by atoms with Gasteiger partial charge in [0.05, 0.1) is 28.8 Å². The van der Waals surface area contributed by atoms with Crippen LogP contribution in [0, 0.1) is 0 Å². The Morgan fingerprint density at radius 2 is 1.81 bits per heavy atom. The number of aromatic amines is 1. The molecule has 0 aliphatic rings. The lowest BCUT2D eigenvalue weighted by molar-refractivity contribution is 0.0697. The molecule has 0 fully saturated rings. The predicted octanol–water partition coefficient (Wildman–Crippen LogP) is 4.13. The lowest BCUT2D eigenvalue weighted by Gasteiger charge is -2.06. The number of benzene rings is 1. The fraction of sp³-hybridized carbons (Fsp3) is 0.100. The van der Waals surface area contributed by atoms with E-state index in [-0.39, 0.29) is 11.4 Å². The van der Waals surface area contributed by atoms with Gasteiger partial charge in [-0.3, -0.25) is 0 Å². The molecule has 3 rings (SSSR count). The number of nitrogens with zero attached hydrogens (tertiary/aromatic N) is 3. The van der Waals surface area contributed by atoms with Crippen molar-refractivity contribution in [2.75, 3.05) is 5.73 Å². The molecular weight excluding hydrogens is 342 g/mol. The van der Waals surface area contributed by atoms with Crippen LogP contribution < -0.4 is 5.73 Å². The highest BCUT2D eigenvalue weighted by Crippen LogP contribution is 2.26. The van der Waals surface area contributed by atoms with Gasteiger partial charge in [0.1, 0.15) is 5.69 Å². The largest absolute Gasteiger partial charge is 0.478 e. The van der Waals surface area contributed by atoms with Crippen LogP contribution in [0.2, 0.25) is 0 Å². The number of nitrogens with one attached hydrogen (secondary N) is 1. The number of hydrogen-bond acceptors (Lipinski definition) is 5. The lowest BCUT2D eigenvalue weighted by atomic mass is 10.1. The molecule has 7 heteroatoms. The molecule has 1 aromatic carbocycles. The molecule has 2 aromatic heterocycles. The number of imidazole rings is 1. The van der Waals surface area contributed by atoms with Crippen molar-refractivity contribution in [2.24, 2.45) is 0 Å². The number of H-pyrrole nitrogens is 1. The van der Waals surface area contributed by atoms with Gasteiger partial charge in [-0.05, 0) is 24.3 Å². The third-order valence-corrected chi connectivity index (χ3v) is 3.61. The first-order chi connectivity index (χ1) is 13.0. The van der Waals surface area contributed by atoms with Crippen LogP contribution in [0.15, 0.2) is 43.6 Å². The third kappa shape index (κ3) is 4.09. The van der Waals surface area contributed by atoms with E-state index in [0.717, 1.165) is 5.56 Å². The second-order valence-electron chi connectivity index (χ2n) is 5.16. The van der Waals surface area contributed by atoms with Crippen molar-refractivity contribution in [1.82, 2.24) is 19.9 Å². The Labute approximate surface area is 157 Å². The molecule has 0 spiro atoms. The molecule has 0 bridgehead atoms. The molecule has 0 radical (unpaired) electrons. The van der Waals surface area contributed by atoms with Crippen molar-refractivity contribution in [3.63, 3.8) is 0 Å². The van der Waals surface area contributed by atoms with Gasteiger partial charge in [-0.15, -0.1) is 0 Å². The Kier molecular flexibility index (Phi) is 6.22. The van der Waals surface area contributed by atoms with Crippen LogP contribution in [-0.4, -0.2) is 31.0 Å². The maximum atomic E-state index is 11.0. The zero-order valence-corrected chi connectivity index (χ0v) is 15.2. The molecule has 0 atom stereocenters. The number of carboxylic acids is 1. The maximum absolute atomic E-state index is 11.0. The normalized spacial score (nSPS) is 9.85. The molecule has 7 nitrogen and oxygen atoms in total. The second-order valence-corrected chi connectivity index (χ2v) is 5.16. The first-order valence-electron chi connectivity index (χ1n) is 8.35. The third-order valence-electron chi connectivity index (χ3n) is 3.61. The first kappa shape index (κ1) is 19.6.